The number of ether oxygens (including phenoxy) is 1. The van der Waals surface area contributed by atoms with E-state index >= 15 is 0 Å². The molecule has 2 aromatic rings. The number of amides is 2. The lowest BCUT2D eigenvalue weighted by molar-refractivity contribution is -0.139. The number of thiazole rings is 1. The van der Waals surface area contributed by atoms with Gasteiger partial charge in [-0.2, -0.15) is 0 Å². The predicted octanol–water partition coefficient (Wildman–Crippen LogP) is 2.72. The maximum atomic E-state index is 12.3. The normalized spacial score (nSPS) is 11.5. The van der Waals surface area contributed by atoms with E-state index in [1.165, 1.54) is 25.4 Å². The second-order valence-electron chi connectivity index (χ2n) is 5.45. The standard InChI is InChI=1S/C17H18ClN3O4S/c1-10(22)19-14(11-3-5-12(18)6-4-11)8-15(23)21-17-20-13(9-26-17)7-16(24)25-2/h3-6,9,14H,7-8H2,1-2H3,(H,19,22)(H,20,21,23)/t14-/m0/s1. The molecule has 0 saturated heterocycles. The minimum Gasteiger partial charge on any atom is -0.469 e. The van der Waals surface area contributed by atoms with Crippen LogP contribution in [0.3, 0.4) is 0 Å². The van der Waals surface area contributed by atoms with Gasteiger partial charge in [-0.25, -0.2) is 4.98 Å². The molecule has 9 heteroatoms. The zero-order chi connectivity index (χ0) is 19.1. The SMILES string of the molecule is COC(=O)Cc1csc(NC(=O)C[C@H](NC(C)=O)c2ccc(Cl)cc2)n1. The minimum atomic E-state index is -0.487. The third-order valence-electron chi connectivity index (χ3n) is 3.39. The largest absolute Gasteiger partial charge is 0.469 e. The van der Waals surface area contributed by atoms with Crippen LogP contribution in [0.1, 0.15) is 30.6 Å². The Morgan fingerprint density at radius 2 is 1.96 bits per heavy atom. The number of benzene rings is 1. The van der Waals surface area contributed by atoms with E-state index < -0.39 is 12.0 Å². The summed E-state index contributed by atoms with van der Waals surface area (Å²) in [6.07, 6.45) is 0.0787. The molecule has 0 aliphatic rings. The fraction of sp³-hybridized carbons (Fsp3) is 0.294. The van der Waals surface area contributed by atoms with Crippen molar-refractivity contribution in [3.8, 4) is 0 Å². The van der Waals surface area contributed by atoms with Gasteiger partial charge in [-0.1, -0.05) is 23.7 Å². The summed E-state index contributed by atoms with van der Waals surface area (Å²) in [6, 6.07) is 6.43. The van der Waals surface area contributed by atoms with Gasteiger partial charge in [-0.15, -0.1) is 11.3 Å². The first-order valence-electron chi connectivity index (χ1n) is 7.71. The van der Waals surface area contributed by atoms with E-state index in [9.17, 15) is 14.4 Å². The molecule has 0 bridgehead atoms. The lowest BCUT2D eigenvalue weighted by Gasteiger charge is -2.17. The highest BCUT2D eigenvalue weighted by Crippen LogP contribution is 2.21. The van der Waals surface area contributed by atoms with Crippen molar-refractivity contribution in [1.82, 2.24) is 10.3 Å². The molecule has 0 aliphatic carbocycles. The molecule has 7 nitrogen and oxygen atoms in total. The highest BCUT2D eigenvalue weighted by Gasteiger charge is 2.18. The maximum Gasteiger partial charge on any atom is 0.311 e. The van der Waals surface area contributed by atoms with Gasteiger partial charge in [0.1, 0.15) is 0 Å². The van der Waals surface area contributed by atoms with Crippen LogP contribution in [0, 0.1) is 0 Å². The van der Waals surface area contributed by atoms with Crippen LogP contribution >= 0.6 is 22.9 Å². The predicted molar refractivity (Wildman–Crippen MR) is 99.1 cm³/mol. The Kier molecular flexibility index (Phi) is 7.11. The first kappa shape index (κ1) is 19.9. The van der Waals surface area contributed by atoms with E-state index in [1.807, 2.05) is 0 Å². The zero-order valence-electron chi connectivity index (χ0n) is 14.2. The molecule has 2 amide bonds. The summed E-state index contributed by atoms with van der Waals surface area (Å²) in [5.74, 6) is -0.952. The number of aromatic nitrogens is 1. The average molecular weight is 396 g/mol. The van der Waals surface area contributed by atoms with Crippen LogP contribution in [0.5, 0.6) is 0 Å². The van der Waals surface area contributed by atoms with Crippen LogP contribution in [0.2, 0.25) is 5.02 Å². The van der Waals surface area contributed by atoms with Gasteiger partial charge < -0.3 is 15.4 Å². The van der Waals surface area contributed by atoms with Gasteiger partial charge in [-0.3, -0.25) is 14.4 Å². The molecule has 1 aromatic carbocycles. The number of nitrogens with one attached hydrogen (secondary N) is 2. The average Bonchev–Trinajstić information content (AvgIpc) is 3.01. The molecule has 0 radical (unpaired) electrons. The van der Waals surface area contributed by atoms with Crippen molar-refractivity contribution in [2.24, 2.45) is 0 Å². The molecule has 1 heterocycles. The molecule has 26 heavy (non-hydrogen) atoms. The zero-order valence-corrected chi connectivity index (χ0v) is 15.8. The summed E-state index contributed by atoms with van der Waals surface area (Å²) >= 11 is 7.09. The van der Waals surface area contributed by atoms with E-state index in [1.54, 1.807) is 29.6 Å². The van der Waals surface area contributed by atoms with Gasteiger partial charge in [0.2, 0.25) is 11.8 Å². The Balaban J connectivity index is 2.01. The van der Waals surface area contributed by atoms with Crippen molar-refractivity contribution in [2.75, 3.05) is 12.4 Å². The summed E-state index contributed by atoms with van der Waals surface area (Å²) in [5, 5.41) is 8.06. The topological polar surface area (TPSA) is 97.4 Å². The molecule has 0 unspecified atom stereocenters. The van der Waals surface area contributed by atoms with Crippen LogP contribution in [0.25, 0.3) is 0 Å². The highest BCUT2D eigenvalue weighted by molar-refractivity contribution is 7.13. The van der Waals surface area contributed by atoms with Gasteiger partial charge in [0.25, 0.3) is 0 Å². The minimum absolute atomic E-state index is 0.0348. The molecule has 1 atom stereocenters. The Morgan fingerprint density at radius 1 is 1.27 bits per heavy atom. The fourth-order valence-corrected chi connectivity index (χ4v) is 3.07. The van der Waals surface area contributed by atoms with Gasteiger partial charge in [0.05, 0.1) is 31.7 Å². The van der Waals surface area contributed by atoms with Gasteiger partial charge in [-0.05, 0) is 17.7 Å². The lowest BCUT2D eigenvalue weighted by atomic mass is 10.0. The van der Waals surface area contributed by atoms with Crippen molar-refractivity contribution in [2.45, 2.75) is 25.8 Å². The summed E-state index contributed by atoms with van der Waals surface area (Å²) in [5.41, 5.74) is 1.29. The molecule has 1 aromatic heterocycles. The Bertz CT molecular complexity index is 792. The van der Waals surface area contributed by atoms with Crippen molar-refractivity contribution in [1.29, 1.82) is 0 Å². The second kappa shape index (κ2) is 9.30. The molecule has 138 valence electrons. The summed E-state index contributed by atoms with van der Waals surface area (Å²) < 4.78 is 4.58. The first-order valence-corrected chi connectivity index (χ1v) is 8.96. The van der Waals surface area contributed by atoms with Crippen LogP contribution in [0.15, 0.2) is 29.6 Å². The number of carbonyl (C=O) groups excluding carboxylic acids is 3. The number of esters is 1. The van der Waals surface area contributed by atoms with Crippen molar-refractivity contribution >= 4 is 45.9 Å². The van der Waals surface area contributed by atoms with E-state index in [2.05, 4.69) is 20.4 Å². The van der Waals surface area contributed by atoms with Gasteiger partial charge >= 0.3 is 5.97 Å². The van der Waals surface area contributed by atoms with Crippen molar-refractivity contribution in [3.05, 3.63) is 45.9 Å². The number of rotatable bonds is 7. The number of anilines is 1. The number of methoxy groups -OCH3 is 1. The maximum absolute atomic E-state index is 12.3. The lowest BCUT2D eigenvalue weighted by Crippen LogP contribution is -2.29. The molecular formula is C17H18ClN3O4S. The van der Waals surface area contributed by atoms with Crippen LogP contribution in [-0.4, -0.2) is 29.9 Å². The first-order chi connectivity index (χ1) is 12.4. The van der Waals surface area contributed by atoms with E-state index in [0.29, 0.717) is 15.8 Å². The monoisotopic (exact) mass is 395 g/mol. The van der Waals surface area contributed by atoms with Crippen LogP contribution in [-0.2, 0) is 25.5 Å². The molecule has 0 aliphatic heterocycles. The third kappa shape index (κ3) is 6.12. The third-order valence-corrected chi connectivity index (χ3v) is 4.45. The Hall–Kier alpha value is -2.45. The van der Waals surface area contributed by atoms with Crippen molar-refractivity contribution in [3.63, 3.8) is 0 Å². The number of hydrogen-bond acceptors (Lipinski definition) is 6. The van der Waals surface area contributed by atoms with Crippen LogP contribution in [0.4, 0.5) is 5.13 Å². The summed E-state index contributed by atoms with van der Waals surface area (Å²) in [7, 11) is 1.30. The van der Waals surface area contributed by atoms with Crippen LogP contribution < -0.4 is 10.6 Å². The van der Waals surface area contributed by atoms with Crippen molar-refractivity contribution < 1.29 is 19.1 Å². The van der Waals surface area contributed by atoms with E-state index in [4.69, 9.17) is 11.6 Å². The van der Waals surface area contributed by atoms with Gasteiger partial charge in [0, 0.05) is 17.3 Å². The smallest absolute Gasteiger partial charge is 0.311 e. The molecule has 0 saturated carbocycles. The number of carbonyl (C=O) groups is 3. The quantitative estimate of drug-likeness (QED) is 0.702. The fourth-order valence-electron chi connectivity index (χ4n) is 2.21. The molecule has 0 spiro atoms. The Labute approximate surface area is 159 Å². The second-order valence-corrected chi connectivity index (χ2v) is 6.75. The van der Waals surface area contributed by atoms with E-state index in [-0.39, 0.29) is 24.7 Å². The highest BCUT2D eigenvalue weighted by atomic mass is 35.5. The van der Waals surface area contributed by atoms with Gasteiger partial charge in [0.15, 0.2) is 5.13 Å². The number of halogens is 1. The molecular weight excluding hydrogens is 378 g/mol. The summed E-state index contributed by atoms with van der Waals surface area (Å²) in [6.45, 7) is 1.39. The molecule has 0 fully saturated rings. The number of hydrogen-bond donors (Lipinski definition) is 2. The number of nitrogens with zero attached hydrogens (tertiary/aromatic N) is 1. The Morgan fingerprint density at radius 3 is 2.58 bits per heavy atom. The molecule has 2 rings (SSSR count). The molecule has 2 N–H and O–H groups in total. The summed E-state index contributed by atoms with van der Waals surface area (Å²) in [4.78, 5) is 39.2. The van der Waals surface area contributed by atoms with E-state index in [0.717, 1.165) is 5.56 Å².